The largest absolute Gasteiger partial charge is 0.371 e. The van der Waals surface area contributed by atoms with Gasteiger partial charge in [-0.2, -0.15) is 8.15 Å². The second kappa shape index (κ2) is 4.54. The van der Waals surface area contributed by atoms with Crippen molar-refractivity contribution < 1.29 is 17.5 Å². The number of halogens is 3. The fourth-order valence-corrected chi connectivity index (χ4v) is 1.62. The summed E-state index contributed by atoms with van der Waals surface area (Å²) >= 11 is 14.2. The molecule has 0 aliphatic heterocycles. The summed E-state index contributed by atoms with van der Waals surface area (Å²) in [5.74, 6) is 0. The Morgan fingerprint density at radius 1 is 1.40 bits per heavy atom. The van der Waals surface area contributed by atoms with Crippen LogP contribution in [0.15, 0.2) is 0 Å². The normalized spacial score (nSPS) is 11.5. The third-order valence-corrected chi connectivity index (χ3v) is 3.20. The lowest BCUT2D eigenvalue weighted by atomic mass is 10.9. The summed E-state index contributed by atoms with van der Waals surface area (Å²) in [7, 11) is -3.69. The van der Waals surface area contributed by atoms with E-state index in [-0.39, 0.29) is 0 Å². The zero-order valence-corrected chi connectivity index (χ0v) is 7.58. The van der Waals surface area contributed by atoms with Crippen LogP contribution in [0.4, 0.5) is 0 Å². The molecule has 0 aliphatic rings. The van der Waals surface area contributed by atoms with Crippen LogP contribution < -0.4 is 0 Å². The number of carbonyl (C=O) groups excluding carboxylic acids is 1. The molecule has 0 aromatic carbocycles. The molecular weight excluding hydrogens is 225 g/mol. The lowest BCUT2D eigenvalue weighted by Gasteiger charge is -2.04. The molecule has 8 heteroatoms. The Bertz CT molecular complexity index is 162. The van der Waals surface area contributed by atoms with Gasteiger partial charge in [0, 0.05) is 0 Å². The molecule has 60 valence electrons. The molecule has 0 radical (unpaired) electrons. The molecule has 0 saturated heterocycles. The minimum atomic E-state index is -3.69. The third-order valence-electron chi connectivity index (χ3n) is 0.528. The second-order valence-corrected chi connectivity index (χ2v) is 4.33. The topological polar surface area (TPSA) is 52.6 Å². The predicted octanol–water partition coefficient (Wildman–Crippen LogP) is 2.29. The van der Waals surface area contributed by atoms with Crippen molar-refractivity contribution in [1.29, 1.82) is 0 Å². The first-order chi connectivity index (χ1) is 4.54. The van der Waals surface area contributed by atoms with Gasteiger partial charge in [-0.3, -0.25) is 9.36 Å². The number of carbonyl (C=O) groups is 1. The minimum absolute atomic E-state index is 0.651. The third kappa shape index (κ3) is 3.76. The van der Waals surface area contributed by atoms with E-state index in [2.05, 4.69) is 31.9 Å². The Hall–Kier alpha value is 0.690. The molecule has 0 aromatic rings. The van der Waals surface area contributed by atoms with E-state index in [4.69, 9.17) is 11.6 Å². The Balaban J connectivity index is 4.07. The van der Waals surface area contributed by atoms with Crippen LogP contribution in [-0.2, 0) is 17.5 Å². The van der Waals surface area contributed by atoms with Gasteiger partial charge in [0.15, 0.2) is 0 Å². The van der Waals surface area contributed by atoms with Crippen LogP contribution >= 0.6 is 42.9 Å². The summed E-state index contributed by atoms with van der Waals surface area (Å²) in [6, 6.07) is 0. The number of hydrogen-bond acceptors (Lipinski definition) is 4. The first-order valence-corrected chi connectivity index (χ1v) is 4.64. The molecule has 0 atom stereocenters. The Morgan fingerprint density at radius 3 is 1.90 bits per heavy atom. The smallest absolute Gasteiger partial charge is 0.281 e. The summed E-state index contributed by atoms with van der Waals surface area (Å²) in [5, 5.41) is -0.898. The Kier molecular flexibility index (Phi) is 4.86. The maximum absolute atomic E-state index is 10.7. The second-order valence-electron chi connectivity index (χ2n) is 1.26. The van der Waals surface area contributed by atoms with Crippen molar-refractivity contribution in [2.45, 2.75) is 0 Å². The SMILES string of the molecule is O=C(Cl)CP(=O)(OCl)OCl. The molecule has 4 nitrogen and oxygen atoms in total. The van der Waals surface area contributed by atoms with Gasteiger partial charge in [-0.15, -0.1) is 0 Å². The van der Waals surface area contributed by atoms with E-state index in [0.717, 1.165) is 0 Å². The van der Waals surface area contributed by atoms with Gasteiger partial charge in [0.25, 0.3) is 0 Å². The van der Waals surface area contributed by atoms with E-state index in [1.54, 1.807) is 0 Å². The zero-order valence-electron chi connectivity index (χ0n) is 4.42. The standard InChI is InChI=1S/C2H2Cl3O4P/c3-2(6)1-10(7,8-4)9-5/h1H2. The van der Waals surface area contributed by atoms with E-state index in [1.807, 2.05) is 0 Å². The summed E-state index contributed by atoms with van der Waals surface area (Å²) in [6.45, 7) is 0. The molecule has 0 aliphatic carbocycles. The van der Waals surface area contributed by atoms with Crippen LogP contribution in [0.1, 0.15) is 0 Å². The zero-order chi connectivity index (χ0) is 8.20. The summed E-state index contributed by atoms with van der Waals surface area (Å²) in [5.41, 5.74) is 0. The van der Waals surface area contributed by atoms with Crippen molar-refractivity contribution in [2.75, 3.05) is 6.16 Å². The molecule has 10 heavy (non-hydrogen) atoms. The average molecular weight is 227 g/mol. The Morgan fingerprint density at radius 2 is 1.80 bits per heavy atom. The van der Waals surface area contributed by atoms with Gasteiger partial charge in [0.2, 0.25) is 5.24 Å². The lowest BCUT2D eigenvalue weighted by molar-refractivity contribution is -0.109. The van der Waals surface area contributed by atoms with Crippen LogP contribution in [0.25, 0.3) is 0 Å². The summed E-state index contributed by atoms with van der Waals surface area (Å²) in [6.07, 6.45) is -0.651. The van der Waals surface area contributed by atoms with E-state index in [9.17, 15) is 9.36 Å². The fourth-order valence-electron chi connectivity index (χ4n) is 0.212. The van der Waals surface area contributed by atoms with Gasteiger partial charge in [-0.1, -0.05) is 0 Å². The van der Waals surface area contributed by atoms with Gasteiger partial charge >= 0.3 is 7.60 Å². The molecule has 0 aromatic heterocycles. The van der Waals surface area contributed by atoms with Crippen molar-refractivity contribution in [2.24, 2.45) is 0 Å². The van der Waals surface area contributed by atoms with Gasteiger partial charge in [0.05, 0.1) is 23.7 Å². The van der Waals surface area contributed by atoms with Crippen LogP contribution in [0.2, 0.25) is 0 Å². The molecule has 0 N–H and O–H groups in total. The van der Waals surface area contributed by atoms with Crippen LogP contribution in [0.3, 0.4) is 0 Å². The van der Waals surface area contributed by atoms with Crippen molar-refractivity contribution in [3.05, 3.63) is 0 Å². The highest BCUT2D eigenvalue weighted by Crippen LogP contribution is 2.50. The fraction of sp³-hybridized carbons (Fsp3) is 0.500. The van der Waals surface area contributed by atoms with Gasteiger partial charge in [0.1, 0.15) is 6.16 Å². The minimum Gasteiger partial charge on any atom is -0.281 e. The molecule has 0 unspecified atom stereocenters. The highest BCUT2D eigenvalue weighted by Gasteiger charge is 2.27. The maximum atomic E-state index is 10.7. The van der Waals surface area contributed by atoms with Crippen molar-refractivity contribution in [1.82, 2.24) is 0 Å². The Labute approximate surface area is 72.2 Å². The first-order valence-electron chi connectivity index (χ1n) is 1.92. The maximum Gasteiger partial charge on any atom is 0.371 e. The lowest BCUT2D eigenvalue weighted by Crippen LogP contribution is -1.97. The van der Waals surface area contributed by atoms with Gasteiger partial charge in [-0.25, -0.2) is 0 Å². The molecule has 0 spiro atoms. The van der Waals surface area contributed by atoms with Crippen molar-refractivity contribution in [3.8, 4) is 0 Å². The van der Waals surface area contributed by atoms with E-state index in [0.29, 0.717) is 0 Å². The van der Waals surface area contributed by atoms with Crippen molar-refractivity contribution in [3.63, 3.8) is 0 Å². The van der Waals surface area contributed by atoms with Crippen LogP contribution in [-0.4, -0.2) is 11.4 Å². The van der Waals surface area contributed by atoms with E-state index < -0.39 is 19.0 Å². The summed E-state index contributed by atoms with van der Waals surface area (Å²) in [4.78, 5) is 10.1. The molecule has 0 heterocycles. The number of hydrogen-bond donors (Lipinski definition) is 0. The van der Waals surface area contributed by atoms with Crippen LogP contribution in [0.5, 0.6) is 0 Å². The molecule has 0 saturated carbocycles. The molecular formula is C2H2Cl3O4P. The quantitative estimate of drug-likeness (QED) is 0.546. The van der Waals surface area contributed by atoms with Crippen molar-refractivity contribution >= 4 is 48.2 Å². The average Bonchev–Trinajstić information content (AvgIpc) is 1.87. The highest BCUT2D eigenvalue weighted by molar-refractivity contribution is 7.57. The summed E-state index contributed by atoms with van der Waals surface area (Å²) < 4.78 is 18.3. The van der Waals surface area contributed by atoms with Gasteiger partial charge in [-0.05, 0) is 11.6 Å². The molecule has 0 amide bonds. The monoisotopic (exact) mass is 226 g/mol. The molecule has 0 bridgehead atoms. The predicted molar refractivity (Wildman–Crippen MR) is 37.2 cm³/mol. The van der Waals surface area contributed by atoms with E-state index in [1.165, 1.54) is 0 Å². The molecule has 0 rings (SSSR count). The number of rotatable bonds is 4. The first kappa shape index (κ1) is 10.7. The van der Waals surface area contributed by atoms with Crippen LogP contribution in [0, 0.1) is 0 Å². The van der Waals surface area contributed by atoms with Gasteiger partial charge < -0.3 is 0 Å². The highest BCUT2D eigenvalue weighted by atomic mass is 35.5. The molecule has 0 fully saturated rings. The van der Waals surface area contributed by atoms with E-state index >= 15 is 0 Å².